The Labute approximate surface area is 177 Å². The van der Waals surface area contributed by atoms with Crippen LogP contribution in [0.2, 0.25) is 0 Å². The Morgan fingerprint density at radius 3 is 2.65 bits per heavy atom. The van der Waals surface area contributed by atoms with Crippen LogP contribution in [0.5, 0.6) is 5.75 Å². The molecular weight excluding hydrogens is 403 g/mol. The van der Waals surface area contributed by atoms with Crippen LogP contribution < -0.4 is 15.8 Å². The molecule has 4 heterocycles. The predicted octanol–water partition coefficient (Wildman–Crippen LogP) is 1.19. The number of phenols is 1. The van der Waals surface area contributed by atoms with Gasteiger partial charge in [-0.25, -0.2) is 9.37 Å². The molecular formula is C21H23FN6O3. The molecule has 2 N–H and O–H groups in total. The molecule has 3 atom stereocenters. The lowest BCUT2D eigenvalue weighted by molar-refractivity contribution is 0.0183. The minimum Gasteiger partial charge on any atom is -0.507 e. The SMILES string of the molecule is CN(c1cnc(-c2cc3c(F)cn(C)c(=O)c3cc2O)nn1)C1CC2COC[C@H](C1)N2. The molecule has 0 amide bonds. The van der Waals surface area contributed by atoms with Crippen LogP contribution in [0.15, 0.2) is 29.3 Å². The summed E-state index contributed by atoms with van der Waals surface area (Å²) in [5.74, 6) is 0.00885. The summed E-state index contributed by atoms with van der Waals surface area (Å²) < 4.78 is 21.2. The van der Waals surface area contributed by atoms with Crippen molar-refractivity contribution >= 4 is 16.6 Å². The number of aromatic hydroxyl groups is 1. The van der Waals surface area contributed by atoms with Crippen LogP contribution >= 0.6 is 0 Å². The first kappa shape index (κ1) is 19.8. The molecule has 0 saturated carbocycles. The maximum atomic E-state index is 14.4. The van der Waals surface area contributed by atoms with Gasteiger partial charge in [-0.1, -0.05) is 0 Å². The molecule has 9 nitrogen and oxygen atoms in total. The number of anilines is 1. The zero-order valence-electron chi connectivity index (χ0n) is 17.2. The summed E-state index contributed by atoms with van der Waals surface area (Å²) in [6, 6.07) is 3.58. The highest BCUT2D eigenvalue weighted by Gasteiger charge is 2.34. The normalized spacial score (nSPS) is 23.1. The highest BCUT2D eigenvalue weighted by atomic mass is 19.1. The summed E-state index contributed by atoms with van der Waals surface area (Å²) in [7, 11) is 3.43. The molecule has 2 fully saturated rings. The largest absolute Gasteiger partial charge is 0.507 e. The summed E-state index contributed by atoms with van der Waals surface area (Å²) in [6.45, 7) is 1.43. The summed E-state index contributed by atoms with van der Waals surface area (Å²) in [5, 5.41) is 22.7. The van der Waals surface area contributed by atoms with Crippen LogP contribution in [0.25, 0.3) is 22.2 Å². The van der Waals surface area contributed by atoms with E-state index in [9.17, 15) is 14.3 Å². The molecule has 10 heteroatoms. The summed E-state index contributed by atoms with van der Waals surface area (Å²) in [4.78, 5) is 18.7. The second-order valence-electron chi connectivity index (χ2n) is 8.28. The van der Waals surface area contributed by atoms with E-state index in [2.05, 4.69) is 25.4 Å². The van der Waals surface area contributed by atoms with Crippen LogP contribution in [-0.4, -0.2) is 63.2 Å². The molecule has 31 heavy (non-hydrogen) atoms. The number of benzene rings is 1. The first-order valence-electron chi connectivity index (χ1n) is 10.2. The maximum Gasteiger partial charge on any atom is 0.258 e. The van der Waals surface area contributed by atoms with Crippen LogP contribution in [-0.2, 0) is 11.8 Å². The molecule has 3 aromatic rings. The number of hydrogen-bond donors (Lipinski definition) is 2. The molecule has 5 rings (SSSR count). The van der Waals surface area contributed by atoms with E-state index in [4.69, 9.17) is 4.74 Å². The topological polar surface area (TPSA) is 105 Å². The molecule has 0 aliphatic carbocycles. The quantitative estimate of drug-likeness (QED) is 0.644. The van der Waals surface area contributed by atoms with Gasteiger partial charge in [0.05, 0.1) is 30.4 Å². The number of nitrogens with zero attached hydrogens (tertiary/aromatic N) is 5. The maximum absolute atomic E-state index is 14.4. The molecule has 162 valence electrons. The summed E-state index contributed by atoms with van der Waals surface area (Å²) >= 11 is 0. The highest BCUT2D eigenvalue weighted by Crippen LogP contribution is 2.32. The number of rotatable bonds is 3. The van der Waals surface area contributed by atoms with Gasteiger partial charge in [-0.05, 0) is 25.0 Å². The molecule has 2 saturated heterocycles. The Hall–Kier alpha value is -3.11. The average Bonchev–Trinajstić information content (AvgIpc) is 2.76. The number of piperidine rings is 1. The summed E-state index contributed by atoms with van der Waals surface area (Å²) in [5.41, 5.74) is -0.179. The smallest absolute Gasteiger partial charge is 0.258 e. The van der Waals surface area contributed by atoms with Gasteiger partial charge in [0, 0.05) is 43.8 Å². The van der Waals surface area contributed by atoms with E-state index < -0.39 is 11.4 Å². The van der Waals surface area contributed by atoms with Crippen molar-refractivity contribution < 1.29 is 14.2 Å². The van der Waals surface area contributed by atoms with Gasteiger partial charge < -0.3 is 24.6 Å². The van der Waals surface area contributed by atoms with Crippen molar-refractivity contribution in [2.45, 2.75) is 31.0 Å². The van der Waals surface area contributed by atoms with Crippen LogP contribution in [0.1, 0.15) is 12.8 Å². The molecule has 2 aromatic heterocycles. The molecule has 0 radical (unpaired) electrons. The third kappa shape index (κ3) is 3.51. The number of phenolic OH excluding ortho intramolecular Hbond substituents is 1. The highest BCUT2D eigenvalue weighted by molar-refractivity contribution is 5.89. The fraction of sp³-hybridized carbons (Fsp3) is 0.429. The van der Waals surface area contributed by atoms with Crippen LogP contribution in [0.3, 0.4) is 0 Å². The third-order valence-electron chi connectivity index (χ3n) is 6.17. The van der Waals surface area contributed by atoms with Gasteiger partial charge in [0.15, 0.2) is 11.6 Å². The molecule has 2 bridgehead atoms. The van der Waals surface area contributed by atoms with E-state index in [0.29, 0.717) is 37.2 Å². The van der Waals surface area contributed by atoms with Gasteiger partial charge >= 0.3 is 0 Å². The van der Waals surface area contributed by atoms with Gasteiger partial charge in [0.2, 0.25) is 0 Å². The Balaban J connectivity index is 1.44. The van der Waals surface area contributed by atoms with Crippen molar-refractivity contribution in [3.8, 4) is 17.1 Å². The molecule has 2 unspecified atom stereocenters. The van der Waals surface area contributed by atoms with Crippen LogP contribution in [0.4, 0.5) is 10.2 Å². The Bertz CT molecular complexity index is 1190. The van der Waals surface area contributed by atoms with E-state index >= 15 is 0 Å². The van der Waals surface area contributed by atoms with Crippen LogP contribution in [0, 0.1) is 5.82 Å². The lowest BCUT2D eigenvalue weighted by atomic mass is 9.92. The zero-order valence-corrected chi connectivity index (χ0v) is 17.2. The van der Waals surface area contributed by atoms with Gasteiger partial charge in [-0.2, -0.15) is 0 Å². The standard InChI is InChI=1S/C21H23FN6O3/c1-27-8-17(22)14-5-16(18(29)6-15(14)21(27)30)20-23-7-19(25-26-20)28(2)13-3-11-9-31-10-12(4-13)24-11/h5-8,11-13,24,29H,3-4,9-10H2,1-2H3/t11-,12?,13?/m0/s1. The Kier molecular flexibility index (Phi) is 4.82. The van der Waals surface area contributed by atoms with E-state index in [-0.39, 0.29) is 27.9 Å². The first-order valence-corrected chi connectivity index (χ1v) is 10.2. The average molecular weight is 426 g/mol. The fourth-order valence-electron chi connectivity index (χ4n) is 4.49. The second-order valence-corrected chi connectivity index (χ2v) is 8.28. The van der Waals surface area contributed by atoms with Gasteiger partial charge in [-0.3, -0.25) is 4.79 Å². The molecule has 0 spiro atoms. The number of aryl methyl sites for hydroxylation is 1. The second kappa shape index (κ2) is 7.54. The Morgan fingerprint density at radius 2 is 1.97 bits per heavy atom. The molecule has 1 aromatic carbocycles. The lowest BCUT2D eigenvalue weighted by Crippen LogP contribution is -2.58. The van der Waals surface area contributed by atoms with Crippen molar-refractivity contribution in [2.24, 2.45) is 7.05 Å². The van der Waals surface area contributed by atoms with E-state index in [1.165, 1.54) is 19.2 Å². The number of aromatic nitrogens is 4. The predicted molar refractivity (Wildman–Crippen MR) is 113 cm³/mol. The Morgan fingerprint density at radius 1 is 1.23 bits per heavy atom. The molecule has 2 aliphatic heterocycles. The van der Waals surface area contributed by atoms with Crippen molar-refractivity contribution in [1.82, 2.24) is 25.1 Å². The third-order valence-corrected chi connectivity index (χ3v) is 6.17. The van der Waals surface area contributed by atoms with E-state index in [1.807, 2.05) is 7.05 Å². The van der Waals surface area contributed by atoms with Crippen molar-refractivity contribution in [1.29, 1.82) is 0 Å². The van der Waals surface area contributed by atoms with E-state index in [0.717, 1.165) is 23.6 Å². The van der Waals surface area contributed by atoms with Gasteiger partial charge in [-0.15, -0.1) is 10.2 Å². The van der Waals surface area contributed by atoms with E-state index in [1.54, 1.807) is 6.20 Å². The summed E-state index contributed by atoms with van der Waals surface area (Å²) in [6.07, 6.45) is 4.59. The minimum absolute atomic E-state index is 0.0912. The minimum atomic E-state index is -0.567. The number of halogens is 1. The zero-order chi connectivity index (χ0) is 21.7. The number of morpholine rings is 1. The molecule has 2 aliphatic rings. The number of fused-ring (bicyclic) bond motifs is 3. The number of hydrogen-bond acceptors (Lipinski definition) is 8. The van der Waals surface area contributed by atoms with Gasteiger partial charge in [0.1, 0.15) is 11.6 Å². The van der Waals surface area contributed by atoms with Gasteiger partial charge in [0.25, 0.3) is 5.56 Å². The monoisotopic (exact) mass is 426 g/mol. The number of pyridine rings is 1. The first-order chi connectivity index (χ1) is 14.9. The van der Waals surface area contributed by atoms with Crippen molar-refractivity contribution in [2.75, 3.05) is 25.2 Å². The van der Waals surface area contributed by atoms with Crippen molar-refractivity contribution in [3.63, 3.8) is 0 Å². The lowest BCUT2D eigenvalue weighted by Gasteiger charge is -2.43. The fourth-order valence-corrected chi connectivity index (χ4v) is 4.49. The number of ether oxygens (including phenoxy) is 1. The van der Waals surface area contributed by atoms with Crippen molar-refractivity contribution in [3.05, 3.63) is 40.7 Å². The number of nitrogens with one attached hydrogen (secondary N) is 1.